The molecule has 3 heteroatoms. The Morgan fingerprint density at radius 2 is 1.71 bits per heavy atom. The summed E-state index contributed by atoms with van der Waals surface area (Å²) in [6.07, 6.45) is 0. The first-order valence-electron chi connectivity index (χ1n) is 4.73. The fraction of sp³-hybridized carbons (Fsp3) is 0.455. The van der Waals surface area contributed by atoms with Crippen molar-refractivity contribution in [2.75, 3.05) is 16.8 Å². The van der Waals surface area contributed by atoms with Gasteiger partial charge in [0.2, 0.25) is 0 Å². The molecule has 0 atom stereocenters. The van der Waals surface area contributed by atoms with Gasteiger partial charge in [0.05, 0.1) is 0 Å². The van der Waals surface area contributed by atoms with Crippen molar-refractivity contribution in [2.45, 2.75) is 33.2 Å². The predicted octanol–water partition coefficient (Wildman–Crippen LogP) is 2.37. The number of nitrogens with one attached hydrogen (secondary N) is 1. The molecule has 14 heavy (non-hydrogen) atoms. The maximum Gasteiger partial charge on any atom is 0.0415 e. The van der Waals surface area contributed by atoms with Crippen LogP contribution in [0.4, 0.5) is 17.1 Å². The third kappa shape index (κ3) is 2.55. The van der Waals surface area contributed by atoms with Crippen LogP contribution >= 0.6 is 0 Å². The zero-order valence-electron chi connectivity index (χ0n) is 9.31. The fourth-order valence-electron chi connectivity index (χ4n) is 1.29. The zero-order valence-corrected chi connectivity index (χ0v) is 9.31. The van der Waals surface area contributed by atoms with Gasteiger partial charge in [0.1, 0.15) is 0 Å². The van der Waals surface area contributed by atoms with Crippen molar-refractivity contribution in [1.82, 2.24) is 0 Å². The smallest absolute Gasteiger partial charge is 0.0415 e. The number of hydrogen-bond acceptors (Lipinski definition) is 3. The minimum absolute atomic E-state index is 0.0188. The quantitative estimate of drug-likeness (QED) is 0.600. The van der Waals surface area contributed by atoms with Crippen molar-refractivity contribution in [2.24, 2.45) is 0 Å². The van der Waals surface area contributed by atoms with E-state index in [-0.39, 0.29) is 5.54 Å². The average Bonchev–Trinajstić information content (AvgIpc) is 1.96. The first-order valence-corrected chi connectivity index (χ1v) is 4.73. The average molecular weight is 193 g/mol. The molecule has 0 saturated carbocycles. The summed E-state index contributed by atoms with van der Waals surface area (Å²) in [6.45, 7) is 8.30. The summed E-state index contributed by atoms with van der Waals surface area (Å²) in [5.74, 6) is 0. The first kappa shape index (κ1) is 10.7. The molecule has 3 nitrogen and oxygen atoms in total. The maximum atomic E-state index is 5.82. The zero-order chi connectivity index (χ0) is 10.9. The summed E-state index contributed by atoms with van der Waals surface area (Å²) < 4.78 is 0. The summed E-state index contributed by atoms with van der Waals surface area (Å²) in [6, 6.07) is 3.69. The monoisotopic (exact) mass is 193 g/mol. The Morgan fingerprint density at radius 3 is 2.21 bits per heavy atom. The lowest BCUT2D eigenvalue weighted by Gasteiger charge is -2.24. The normalized spacial score (nSPS) is 11.4. The fourth-order valence-corrected chi connectivity index (χ4v) is 1.29. The minimum Gasteiger partial charge on any atom is -0.399 e. The summed E-state index contributed by atoms with van der Waals surface area (Å²) in [5, 5.41) is 3.37. The Kier molecular flexibility index (Phi) is 2.60. The van der Waals surface area contributed by atoms with E-state index in [0.29, 0.717) is 5.69 Å². The van der Waals surface area contributed by atoms with Crippen molar-refractivity contribution in [3.63, 3.8) is 0 Å². The van der Waals surface area contributed by atoms with E-state index in [1.54, 1.807) is 6.07 Å². The summed E-state index contributed by atoms with van der Waals surface area (Å²) in [5.41, 5.74) is 15.1. The molecule has 1 aromatic carbocycles. The second-order valence-corrected chi connectivity index (χ2v) is 4.66. The van der Waals surface area contributed by atoms with Crippen LogP contribution < -0.4 is 16.8 Å². The van der Waals surface area contributed by atoms with Crippen molar-refractivity contribution < 1.29 is 0 Å². The van der Waals surface area contributed by atoms with E-state index in [4.69, 9.17) is 11.5 Å². The number of nitrogen functional groups attached to an aromatic ring is 2. The molecule has 0 saturated heterocycles. The molecular weight excluding hydrogens is 174 g/mol. The molecule has 0 aliphatic rings. The van der Waals surface area contributed by atoms with Gasteiger partial charge in [0.25, 0.3) is 0 Å². The third-order valence-corrected chi connectivity index (χ3v) is 1.98. The van der Waals surface area contributed by atoms with Gasteiger partial charge >= 0.3 is 0 Å². The highest BCUT2D eigenvalue weighted by atomic mass is 15.0. The Balaban J connectivity index is 3.09. The topological polar surface area (TPSA) is 64.1 Å². The molecule has 0 heterocycles. The van der Waals surface area contributed by atoms with Crippen molar-refractivity contribution >= 4 is 17.1 Å². The van der Waals surface area contributed by atoms with Crippen molar-refractivity contribution in [3.8, 4) is 0 Å². The minimum atomic E-state index is 0.0188. The molecule has 0 aromatic heterocycles. The van der Waals surface area contributed by atoms with Gasteiger partial charge in [-0.1, -0.05) is 0 Å². The van der Waals surface area contributed by atoms with Crippen LogP contribution in [0.3, 0.4) is 0 Å². The molecule has 0 aliphatic carbocycles. The lowest BCUT2D eigenvalue weighted by Crippen LogP contribution is -2.26. The van der Waals surface area contributed by atoms with Crippen LogP contribution in [0.1, 0.15) is 26.3 Å². The van der Waals surface area contributed by atoms with Gasteiger partial charge in [-0.2, -0.15) is 0 Å². The molecule has 0 bridgehead atoms. The standard InChI is InChI=1S/C11H19N3/c1-7-9(13)5-8(12)6-10(7)14-11(2,3)4/h5-6,14H,12-13H2,1-4H3. The van der Waals surface area contributed by atoms with E-state index in [1.165, 1.54) is 0 Å². The molecule has 0 spiro atoms. The second-order valence-electron chi connectivity index (χ2n) is 4.66. The number of hydrogen-bond donors (Lipinski definition) is 3. The molecule has 0 aliphatic heterocycles. The Morgan fingerprint density at radius 1 is 1.14 bits per heavy atom. The lowest BCUT2D eigenvalue weighted by atomic mass is 10.1. The van der Waals surface area contributed by atoms with E-state index in [0.717, 1.165) is 16.9 Å². The summed E-state index contributed by atoms with van der Waals surface area (Å²) >= 11 is 0. The molecule has 0 fully saturated rings. The van der Waals surface area contributed by atoms with Crippen LogP contribution in [0.15, 0.2) is 12.1 Å². The van der Waals surface area contributed by atoms with Crippen molar-refractivity contribution in [1.29, 1.82) is 0 Å². The highest BCUT2D eigenvalue weighted by Gasteiger charge is 2.12. The maximum absolute atomic E-state index is 5.82. The van der Waals surface area contributed by atoms with Crippen molar-refractivity contribution in [3.05, 3.63) is 17.7 Å². The van der Waals surface area contributed by atoms with Crippen LogP contribution in [0.2, 0.25) is 0 Å². The van der Waals surface area contributed by atoms with Gasteiger partial charge < -0.3 is 16.8 Å². The van der Waals surface area contributed by atoms with E-state index in [2.05, 4.69) is 26.1 Å². The molecule has 1 aromatic rings. The van der Waals surface area contributed by atoms with Gasteiger partial charge in [-0.05, 0) is 45.4 Å². The largest absolute Gasteiger partial charge is 0.399 e. The molecular formula is C11H19N3. The van der Waals surface area contributed by atoms with Crippen LogP contribution in [0.5, 0.6) is 0 Å². The van der Waals surface area contributed by atoms with E-state index in [9.17, 15) is 0 Å². The Bertz CT molecular complexity index is 337. The van der Waals surface area contributed by atoms with Gasteiger partial charge in [-0.15, -0.1) is 0 Å². The Labute approximate surface area is 85.5 Å². The highest BCUT2D eigenvalue weighted by Crippen LogP contribution is 2.27. The number of anilines is 3. The second kappa shape index (κ2) is 3.40. The predicted molar refractivity (Wildman–Crippen MR) is 63.4 cm³/mol. The molecule has 5 N–H and O–H groups in total. The number of nitrogens with two attached hydrogens (primary N) is 2. The first-order chi connectivity index (χ1) is 6.29. The highest BCUT2D eigenvalue weighted by molar-refractivity contribution is 5.70. The van der Waals surface area contributed by atoms with Gasteiger partial charge in [0.15, 0.2) is 0 Å². The Hall–Kier alpha value is -1.38. The molecule has 0 amide bonds. The van der Waals surface area contributed by atoms with E-state index in [1.807, 2.05) is 13.0 Å². The lowest BCUT2D eigenvalue weighted by molar-refractivity contribution is 0.633. The van der Waals surface area contributed by atoms with Gasteiger partial charge in [-0.25, -0.2) is 0 Å². The molecule has 0 radical (unpaired) electrons. The van der Waals surface area contributed by atoms with E-state index < -0.39 is 0 Å². The molecule has 78 valence electrons. The third-order valence-electron chi connectivity index (χ3n) is 1.98. The van der Waals surface area contributed by atoms with E-state index >= 15 is 0 Å². The van der Waals surface area contributed by atoms with Crippen LogP contribution in [0.25, 0.3) is 0 Å². The summed E-state index contributed by atoms with van der Waals surface area (Å²) in [7, 11) is 0. The van der Waals surface area contributed by atoms with Gasteiger partial charge in [0, 0.05) is 22.6 Å². The molecule has 0 unspecified atom stereocenters. The van der Waals surface area contributed by atoms with Crippen LogP contribution in [0, 0.1) is 6.92 Å². The SMILES string of the molecule is Cc1c(N)cc(N)cc1NC(C)(C)C. The molecule has 1 rings (SSSR count). The van der Waals surface area contributed by atoms with Crippen LogP contribution in [-0.2, 0) is 0 Å². The number of benzene rings is 1. The van der Waals surface area contributed by atoms with Gasteiger partial charge in [-0.3, -0.25) is 0 Å². The summed E-state index contributed by atoms with van der Waals surface area (Å²) in [4.78, 5) is 0. The van der Waals surface area contributed by atoms with Crippen LogP contribution in [-0.4, -0.2) is 5.54 Å². The number of rotatable bonds is 1.